The number of hydrogen-bond donors (Lipinski definition) is 1. The molecule has 1 aromatic carbocycles. The van der Waals surface area contributed by atoms with Crippen LogP contribution in [-0.2, 0) is 11.2 Å². The summed E-state index contributed by atoms with van der Waals surface area (Å²) in [5, 5.41) is 3.33. The summed E-state index contributed by atoms with van der Waals surface area (Å²) in [5.74, 6) is 1.39. The molecule has 1 saturated heterocycles. The number of rotatable bonds is 5. The van der Waals surface area contributed by atoms with Gasteiger partial charge >= 0.3 is 0 Å². The van der Waals surface area contributed by atoms with Crippen molar-refractivity contribution in [1.29, 1.82) is 0 Å². The van der Waals surface area contributed by atoms with Crippen LogP contribution in [0.1, 0.15) is 25.3 Å². The van der Waals surface area contributed by atoms with Gasteiger partial charge in [0, 0.05) is 31.0 Å². The van der Waals surface area contributed by atoms with Crippen molar-refractivity contribution in [3.63, 3.8) is 0 Å². The van der Waals surface area contributed by atoms with Crippen LogP contribution in [0, 0.1) is 0 Å². The van der Waals surface area contributed by atoms with Gasteiger partial charge in [0.2, 0.25) is 5.91 Å². The SMILES string of the molecule is CCSc1ccc(CCC(=O)N2CCCNCC2)cc1. The number of nitrogens with one attached hydrogen (secondary N) is 1. The molecule has 0 spiro atoms. The quantitative estimate of drug-likeness (QED) is 0.847. The summed E-state index contributed by atoms with van der Waals surface area (Å²) in [7, 11) is 0. The number of thioether (sulfide) groups is 1. The van der Waals surface area contributed by atoms with E-state index in [2.05, 4.69) is 36.5 Å². The average molecular weight is 292 g/mol. The molecule has 0 bridgehead atoms. The van der Waals surface area contributed by atoms with Gasteiger partial charge in [0.15, 0.2) is 0 Å². The van der Waals surface area contributed by atoms with Crippen molar-refractivity contribution in [2.45, 2.75) is 31.1 Å². The zero-order chi connectivity index (χ0) is 14.2. The molecule has 0 aliphatic carbocycles. The van der Waals surface area contributed by atoms with Crippen LogP contribution in [0.4, 0.5) is 0 Å². The molecule has 1 heterocycles. The van der Waals surface area contributed by atoms with Crippen molar-refractivity contribution < 1.29 is 4.79 Å². The number of nitrogens with zero attached hydrogens (tertiary/aromatic N) is 1. The molecule has 3 nitrogen and oxygen atoms in total. The lowest BCUT2D eigenvalue weighted by Gasteiger charge is -2.19. The molecule has 1 amide bonds. The number of amides is 1. The third kappa shape index (κ3) is 4.84. The molecule has 1 fully saturated rings. The first-order chi connectivity index (χ1) is 9.79. The number of hydrogen-bond acceptors (Lipinski definition) is 3. The highest BCUT2D eigenvalue weighted by Crippen LogP contribution is 2.18. The van der Waals surface area contributed by atoms with Crippen LogP contribution in [0.2, 0.25) is 0 Å². The monoisotopic (exact) mass is 292 g/mol. The zero-order valence-corrected chi connectivity index (χ0v) is 13.0. The minimum Gasteiger partial charge on any atom is -0.341 e. The predicted molar refractivity (Wildman–Crippen MR) is 85.2 cm³/mol. The van der Waals surface area contributed by atoms with E-state index in [-0.39, 0.29) is 0 Å². The zero-order valence-electron chi connectivity index (χ0n) is 12.2. The van der Waals surface area contributed by atoms with Gasteiger partial charge in [-0.1, -0.05) is 19.1 Å². The fraction of sp³-hybridized carbons (Fsp3) is 0.562. The van der Waals surface area contributed by atoms with Crippen LogP contribution in [0.15, 0.2) is 29.2 Å². The molecule has 0 radical (unpaired) electrons. The van der Waals surface area contributed by atoms with Gasteiger partial charge < -0.3 is 10.2 Å². The summed E-state index contributed by atoms with van der Waals surface area (Å²) in [4.78, 5) is 15.5. The molecule has 0 unspecified atom stereocenters. The van der Waals surface area contributed by atoms with Gasteiger partial charge in [0.05, 0.1) is 0 Å². The van der Waals surface area contributed by atoms with Crippen molar-refractivity contribution in [2.75, 3.05) is 31.9 Å². The Labute approximate surface area is 126 Å². The van der Waals surface area contributed by atoms with Gasteiger partial charge in [0.1, 0.15) is 0 Å². The van der Waals surface area contributed by atoms with Gasteiger partial charge in [-0.25, -0.2) is 0 Å². The molecule has 2 rings (SSSR count). The molecule has 1 N–H and O–H groups in total. The number of carbonyl (C=O) groups excluding carboxylic acids is 1. The fourth-order valence-electron chi connectivity index (χ4n) is 2.42. The van der Waals surface area contributed by atoms with Crippen LogP contribution < -0.4 is 5.32 Å². The van der Waals surface area contributed by atoms with E-state index in [9.17, 15) is 4.79 Å². The largest absolute Gasteiger partial charge is 0.341 e. The summed E-state index contributed by atoms with van der Waals surface area (Å²) >= 11 is 1.85. The van der Waals surface area contributed by atoms with E-state index in [1.54, 1.807) is 0 Å². The Morgan fingerprint density at radius 3 is 2.80 bits per heavy atom. The van der Waals surface area contributed by atoms with E-state index in [0.29, 0.717) is 12.3 Å². The number of aryl methyl sites for hydroxylation is 1. The van der Waals surface area contributed by atoms with Crippen LogP contribution >= 0.6 is 11.8 Å². The van der Waals surface area contributed by atoms with Crippen molar-refractivity contribution >= 4 is 17.7 Å². The maximum Gasteiger partial charge on any atom is 0.222 e. The summed E-state index contributed by atoms with van der Waals surface area (Å²) in [6.07, 6.45) is 2.54. The molecule has 20 heavy (non-hydrogen) atoms. The molecule has 1 aliphatic heterocycles. The highest BCUT2D eigenvalue weighted by Gasteiger charge is 2.14. The first-order valence-corrected chi connectivity index (χ1v) is 8.48. The normalized spacial score (nSPS) is 15.9. The Kier molecular flexibility index (Phi) is 6.40. The lowest BCUT2D eigenvalue weighted by molar-refractivity contribution is -0.130. The second-order valence-corrected chi connectivity index (χ2v) is 6.40. The summed E-state index contributed by atoms with van der Waals surface area (Å²) < 4.78 is 0. The standard InChI is InChI=1S/C16H24N2OS/c1-2-20-15-7-4-14(5-8-15)6-9-16(19)18-12-3-10-17-11-13-18/h4-5,7-8,17H,2-3,6,9-13H2,1H3. The minimum atomic E-state index is 0.292. The number of carbonyl (C=O) groups is 1. The lowest BCUT2D eigenvalue weighted by atomic mass is 10.1. The Hall–Kier alpha value is -1.00. The van der Waals surface area contributed by atoms with E-state index in [4.69, 9.17) is 0 Å². The molecule has 1 aromatic rings. The maximum atomic E-state index is 12.2. The van der Waals surface area contributed by atoms with E-state index in [1.807, 2.05) is 16.7 Å². The molecular formula is C16H24N2OS. The molecular weight excluding hydrogens is 268 g/mol. The second-order valence-electron chi connectivity index (χ2n) is 5.06. The van der Waals surface area contributed by atoms with E-state index in [1.165, 1.54) is 10.5 Å². The topological polar surface area (TPSA) is 32.3 Å². The first-order valence-electron chi connectivity index (χ1n) is 7.50. The van der Waals surface area contributed by atoms with Gasteiger partial charge in [-0.15, -0.1) is 11.8 Å². The Bertz CT molecular complexity index is 411. The van der Waals surface area contributed by atoms with Gasteiger partial charge in [-0.05, 0) is 42.8 Å². The number of benzene rings is 1. The summed E-state index contributed by atoms with van der Waals surface area (Å²) in [5.41, 5.74) is 1.26. The van der Waals surface area contributed by atoms with E-state index >= 15 is 0 Å². The van der Waals surface area contributed by atoms with Gasteiger partial charge in [0.25, 0.3) is 0 Å². The molecule has 0 atom stereocenters. The maximum absolute atomic E-state index is 12.2. The molecule has 0 saturated carbocycles. The van der Waals surface area contributed by atoms with Crippen LogP contribution in [0.3, 0.4) is 0 Å². The second kappa shape index (κ2) is 8.32. The third-order valence-electron chi connectivity index (χ3n) is 3.55. The Morgan fingerprint density at radius 2 is 2.05 bits per heavy atom. The highest BCUT2D eigenvalue weighted by molar-refractivity contribution is 7.99. The third-order valence-corrected chi connectivity index (χ3v) is 4.45. The van der Waals surface area contributed by atoms with Gasteiger partial charge in [-0.2, -0.15) is 0 Å². The van der Waals surface area contributed by atoms with E-state index in [0.717, 1.165) is 44.8 Å². The molecule has 0 aromatic heterocycles. The van der Waals surface area contributed by atoms with Crippen LogP contribution in [0.25, 0.3) is 0 Å². The molecule has 1 aliphatic rings. The summed E-state index contributed by atoms with van der Waals surface area (Å²) in [6.45, 7) is 5.87. The lowest BCUT2D eigenvalue weighted by Crippen LogP contribution is -2.34. The van der Waals surface area contributed by atoms with Crippen molar-refractivity contribution in [2.24, 2.45) is 0 Å². The summed E-state index contributed by atoms with van der Waals surface area (Å²) in [6, 6.07) is 8.61. The first kappa shape index (κ1) is 15.4. The van der Waals surface area contributed by atoms with Crippen molar-refractivity contribution in [1.82, 2.24) is 10.2 Å². The average Bonchev–Trinajstić information content (AvgIpc) is 2.76. The van der Waals surface area contributed by atoms with Crippen molar-refractivity contribution in [3.8, 4) is 0 Å². The van der Waals surface area contributed by atoms with Crippen LogP contribution in [-0.4, -0.2) is 42.7 Å². The van der Waals surface area contributed by atoms with Gasteiger partial charge in [-0.3, -0.25) is 4.79 Å². The van der Waals surface area contributed by atoms with E-state index < -0.39 is 0 Å². The Morgan fingerprint density at radius 1 is 1.25 bits per heavy atom. The minimum absolute atomic E-state index is 0.292. The highest BCUT2D eigenvalue weighted by atomic mass is 32.2. The van der Waals surface area contributed by atoms with Crippen molar-refractivity contribution in [3.05, 3.63) is 29.8 Å². The Balaban J connectivity index is 1.80. The van der Waals surface area contributed by atoms with Crippen LogP contribution in [0.5, 0.6) is 0 Å². The smallest absolute Gasteiger partial charge is 0.222 e. The molecule has 110 valence electrons. The fourth-order valence-corrected chi connectivity index (χ4v) is 3.09. The predicted octanol–water partition coefficient (Wildman–Crippen LogP) is 2.55. The molecule has 4 heteroatoms.